The Kier molecular flexibility index (Phi) is 4.23. The summed E-state index contributed by atoms with van der Waals surface area (Å²) in [5.74, 6) is -0.169. The van der Waals surface area contributed by atoms with Gasteiger partial charge in [-0.25, -0.2) is 8.42 Å². The number of hydrogen-bond donors (Lipinski definition) is 1. The van der Waals surface area contributed by atoms with E-state index in [0.29, 0.717) is 12.2 Å². The highest BCUT2D eigenvalue weighted by Gasteiger charge is 2.45. The zero-order valence-corrected chi connectivity index (χ0v) is 13.3. The summed E-state index contributed by atoms with van der Waals surface area (Å²) in [6, 6.07) is 4.25. The highest BCUT2D eigenvalue weighted by atomic mass is 32.2. The topological polar surface area (TPSA) is 106 Å². The van der Waals surface area contributed by atoms with Crippen LogP contribution in [0.4, 0.5) is 11.4 Å². The normalized spacial score (nSPS) is 16.1. The van der Waals surface area contributed by atoms with E-state index in [1.54, 1.807) is 0 Å². The van der Waals surface area contributed by atoms with Gasteiger partial charge in [-0.15, -0.1) is 0 Å². The average Bonchev–Trinajstić information content (AvgIpc) is 3.13. The molecule has 0 aliphatic heterocycles. The number of ketones is 1. The van der Waals surface area contributed by atoms with Crippen LogP contribution < -0.4 is 5.32 Å². The minimum absolute atomic E-state index is 0.0757. The summed E-state index contributed by atoms with van der Waals surface area (Å²) in [6.07, 6.45) is 2.76. The quantitative estimate of drug-likeness (QED) is 0.467. The molecule has 0 atom stereocenters. The van der Waals surface area contributed by atoms with Crippen molar-refractivity contribution in [3.63, 3.8) is 0 Å². The summed E-state index contributed by atoms with van der Waals surface area (Å²) in [7, 11) is -3.09. The van der Waals surface area contributed by atoms with Gasteiger partial charge in [0.25, 0.3) is 5.69 Å². The fraction of sp³-hybridized carbons (Fsp3) is 0.500. The van der Waals surface area contributed by atoms with Gasteiger partial charge in [-0.2, -0.15) is 0 Å². The molecule has 2 rings (SSSR count). The number of nitrogens with zero attached hydrogens (tertiary/aromatic N) is 1. The summed E-state index contributed by atoms with van der Waals surface area (Å²) in [4.78, 5) is 21.9. The van der Waals surface area contributed by atoms with Crippen molar-refractivity contribution in [3.8, 4) is 0 Å². The van der Waals surface area contributed by atoms with E-state index in [1.807, 2.05) is 0 Å². The number of hydrogen-bond acceptors (Lipinski definition) is 6. The lowest BCUT2D eigenvalue weighted by Crippen LogP contribution is -2.24. The monoisotopic (exact) mass is 326 g/mol. The maximum atomic E-state index is 11.4. The van der Waals surface area contributed by atoms with Crippen LogP contribution in [0.3, 0.4) is 0 Å². The first kappa shape index (κ1) is 16.4. The van der Waals surface area contributed by atoms with E-state index in [2.05, 4.69) is 5.32 Å². The lowest BCUT2D eigenvalue weighted by molar-refractivity contribution is -0.384. The second kappa shape index (κ2) is 5.68. The first-order chi connectivity index (χ1) is 10.1. The molecular formula is C14H18N2O5S. The van der Waals surface area contributed by atoms with Crippen LogP contribution in [0.15, 0.2) is 18.2 Å². The number of rotatable bonds is 7. The molecule has 1 N–H and O–H groups in total. The summed E-state index contributed by atoms with van der Waals surface area (Å²) >= 11 is 0. The number of carbonyl (C=O) groups is 1. The number of nitrogens with one attached hydrogen (secondary N) is 1. The van der Waals surface area contributed by atoms with Crippen molar-refractivity contribution in [2.75, 3.05) is 23.9 Å². The van der Waals surface area contributed by atoms with E-state index >= 15 is 0 Å². The standard InChI is InChI=1S/C14H18N2O5S/c1-10(17)11-3-4-12(13(7-11)16(18)19)15-8-14(5-6-14)9-22(2,20)21/h3-4,7,15H,5-6,8-9H2,1-2H3. The molecule has 1 saturated carbocycles. The second-order valence-corrected chi connectivity index (χ2v) is 8.11. The molecule has 1 fully saturated rings. The molecule has 8 heteroatoms. The molecule has 0 radical (unpaired) electrons. The van der Waals surface area contributed by atoms with E-state index in [-0.39, 0.29) is 28.2 Å². The van der Waals surface area contributed by atoms with Gasteiger partial charge in [0.1, 0.15) is 15.5 Å². The Hall–Kier alpha value is -1.96. The Morgan fingerprint density at radius 1 is 1.41 bits per heavy atom. The zero-order chi connectivity index (χ0) is 16.5. The second-order valence-electron chi connectivity index (χ2n) is 5.97. The summed E-state index contributed by atoms with van der Waals surface area (Å²) < 4.78 is 22.8. The smallest absolute Gasteiger partial charge is 0.293 e. The lowest BCUT2D eigenvalue weighted by Gasteiger charge is -2.16. The molecule has 1 aromatic rings. The predicted molar refractivity (Wildman–Crippen MR) is 83.0 cm³/mol. The molecule has 7 nitrogen and oxygen atoms in total. The molecule has 0 heterocycles. The van der Waals surface area contributed by atoms with Gasteiger partial charge in [-0.05, 0) is 31.9 Å². The number of benzene rings is 1. The molecule has 0 spiro atoms. The first-order valence-corrected chi connectivity index (χ1v) is 8.89. The highest BCUT2D eigenvalue weighted by molar-refractivity contribution is 7.90. The van der Waals surface area contributed by atoms with Gasteiger partial charge >= 0.3 is 0 Å². The predicted octanol–water partition coefficient (Wildman–Crippen LogP) is 2.03. The lowest BCUT2D eigenvalue weighted by atomic mass is 10.1. The molecule has 0 amide bonds. The third-order valence-corrected chi connectivity index (χ3v) is 4.92. The van der Waals surface area contributed by atoms with Crippen LogP contribution in [0, 0.1) is 15.5 Å². The van der Waals surface area contributed by atoms with E-state index in [9.17, 15) is 23.3 Å². The van der Waals surface area contributed by atoms with Gasteiger partial charge < -0.3 is 5.32 Å². The molecule has 1 aliphatic rings. The Bertz CT molecular complexity index is 723. The number of nitro benzene ring substituents is 1. The van der Waals surface area contributed by atoms with E-state index < -0.39 is 14.8 Å². The van der Waals surface area contributed by atoms with Crippen LogP contribution in [-0.2, 0) is 9.84 Å². The highest BCUT2D eigenvalue weighted by Crippen LogP contribution is 2.47. The summed E-state index contributed by atoms with van der Waals surface area (Å²) in [5.41, 5.74) is 0.0629. The third kappa shape index (κ3) is 4.03. The Morgan fingerprint density at radius 3 is 2.50 bits per heavy atom. The number of anilines is 1. The zero-order valence-electron chi connectivity index (χ0n) is 12.5. The fourth-order valence-electron chi connectivity index (χ4n) is 2.44. The van der Waals surface area contributed by atoms with Gasteiger partial charge in [-0.1, -0.05) is 0 Å². The van der Waals surface area contributed by atoms with Crippen LogP contribution in [0.2, 0.25) is 0 Å². The molecule has 0 aromatic heterocycles. The van der Waals surface area contributed by atoms with Gasteiger partial charge in [0.05, 0.1) is 10.7 Å². The number of sulfone groups is 1. The minimum atomic E-state index is -3.09. The van der Waals surface area contributed by atoms with Gasteiger partial charge in [0.2, 0.25) is 0 Å². The first-order valence-electron chi connectivity index (χ1n) is 6.83. The van der Waals surface area contributed by atoms with E-state index in [4.69, 9.17) is 0 Å². The molecule has 0 saturated heterocycles. The van der Waals surface area contributed by atoms with Gasteiger partial charge in [0, 0.05) is 29.8 Å². The average molecular weight is 326 g/mol. The summed E-state index contributed by atoms with van der Waals surface area (Å²) in [6.45, 7) is 1.71. The maximum Gasteiger partial charge on any atom is 0.293 e. The van der Waals surface area contributed by atoms with Crippen molar-refractivity contribution >= 4 is 27.0 Å². The van der Waals surface area contributed by atoms with Crippen LogP contribution in [-0.4, -0.2) is 37.7 Å². The van der Waals surface area contributed by atoms with Crippen molar-refractivity contribution in [2.45, 2.75) is 19.8 Å². The van der Waals surface area contributed by atoms with Crippen molar-refractivity contribution in [2.24, 2.45) is 5.41 Å². The molecule has 22 heavy (non-hydrogen) atoms. The molecule has 1 aromatic carbocycles. The van der Waals surface area contributed by atoms with E-state index in [0.717, 1.165) is 12.8 Å². The Labute approximate surface area is 128 Å². The van der Waals surface area contributed by atoms with Crippen LogP contribution in [0.25, 0.3) is 0 Å². The maximum absolute atomic E-state index is 11.4. The Balaban J connectivity index is 2.16. The molecule has 0 unspecified atom stereocenters. The summed E-state index contributed by atoms with van der Waals surface area (Å²) in [5, 5.41) is 14.1. The van der Waals surface area contributed by atoms with Crippen LogP contribution >= 0.6 is 0 Å². The Morgan fingerprint density at radius 2 is 2.05 bits per heavy atom. The number of Topliss-reactive ketones (excluding diaryl/α,β-unsaturated/α-hetero) is 1. The van der Waals surface area contributed by atoms with Crippen LogP contribution in [0.5, 0.6) is 0 Å². The fourth-order valence-corrected chi connectivity index (χ4v) is 3.94. The molecular weight excluding hydrogens is 308 g/mol. The van der Waals surface area contributed by atoms with Crippen LogP contribution in [0.1, 0.15) is 30.1 Å². The SMILES string of the molecule is CC(=O)c1ccc(NCC2(CS(C)(=O)=O)CC2)c([N+](=O)[O-])c1. The van der Waals surface area contributed by atoms with Crippen molar-refractivity contribution in [3.05, 3.63) is 33.9 Å². The molecule has 1 aliphatic carbocycles. The number of carbonyl (C=O) groups excluding carboxylic acids is 1. The van der Waals surface area contributed by atoms with Crippen molar-refractivity contribution < 1.29 is 18.1 Å². The van der Waals surface area contributed by atoms with Gasteiger partial charge in [-0.3, -0.25) is 14.9 Å². The van der Waals surface area contributed by atoms with Gasteiger partial charge in [0.15, 0.2) is 5.78 Å². The third-order valence-electron chi connectivity index (χ3n) is 3.78. The van der Waals surface area contributed by atoms with E-state index in [1.165, 1.54) is 31.4 Å². The molecule has 0 bridgehead atoms. The van der Waals surface area contributed by atoms with Crippen molar-refractivity contribution in [1.82, 2.24) is 0 Å². The minimum Gasteiger partial charge on any atom is -0.379 e. The van der Waals surface area contributed by atoms with Crippen molar-refractivity contribution in [1.29, 1.82) is 0 Å². The number of nitro groups is 1. The molecule has 120 valence electrons. The largest absolute Gasteiger partial charge is 0.379 e.